The van der Waals surface area contributed by atoms with E-state index in [4.69, 9.17) is 16.3 Å². The average Bonchev–Trinajstić information content (AvgIpc) is 3.00. The first-order chi connectivity index (χ1) is 10.7. The number of carbonyl (C=O) groups excluding carboxylic acids is 1. The summed E-state index contributed by atoms with van der Waals surface area (Å²) in [7, 11) is 0. The number of hydrogen-bond donors (Lipinski definition) is 0. The number of hydrogen-bond acceptors (Lipinski definition) is 4. The molecule has 1 aliphatic heterocycles. The number of ether oxygens (including phenoxy) is 1. The van der Waals surface area contributed by atoms with Crippen LogP contribution in [0.5, 0.6) is 0 Å². The van der Waals surface area contributed by atoms with Gasteiger partial charge in [-0.1, -0.05) is 29.8 Å². The van der Waals surface area contributed by atoms with Gasteiger partial charge in [0.1, 0.15) is 0 Å². The monoisotopic (exact) mass is 333 g/mol. The van der Waals surface area contributed by atoms with Crippen LogP contribution in [0.1, 0.15) is 15.2 Å². The highest BCUT2D eigenvalue weighted by atomic mass is 35.5. The van der Waals surface area contributed by atoms with Gasteiger partial charge in [0.2, 0.25) is 0 Å². The molecular formula is C17H16ClNO2S. The molecule has 1 saturated heterocycles. The van der Waals surface area contributed by atoms with Crippen LogP contribution in [0, 0.1) is 0 Å². The molecule has 0 radical (unpaired) electrons. The molecule has 2 aromatic rings. The molecule has 3 nitrogen and oxygen atoms in total. The Labute approximate surface area is 138 Å². The second kappa shape index (κ2) is 7.09. The van der Waals surface area contributed by atoms with E-state index in [2.05, 4.69) is 17.0 Å². The van der Waals surface area contributed by atoms with Crippen LogP contribution < -0.4 is 4.90 Å². The number of anilines is 1. The molecule has 22 heavy (non-hydrogen) atoms. The average molecular weight is 334 g/mol. The number of rotatable bonds is 4. The summed E-state index contributed by atoms with van der Waals surface area (Å²) in [5.74, 6) is -0.0193. The third-order valence-electron chi connectivity index (χ3n) is 3.51. The summed E-state index contributed by atoms with van der Waals surface area (Å²) < 4.78 is 5.99. The summed E-state index contributed by atoms with van der Waals surface area (Å²) in [5.41, 5.74) is 2.20. The van der Waals surface area contributed by atoms with E-state index in [0.29, 0.717) is 9.21 Å². The van der Waals surface area contributed by atoms with Gasteiger partial charge >= 0.3 is 0 Å². The lowest BCUT2D eigenvalue weighted by molar-refractivity contribution is 0.105. The molecular weight excluding hydrogens is 318 g/mol. The van der Waals surface area contributed by atoms with Crippen LogP contribution in [0.2, 0.25) is 4.34 Å². The van der Waals surface area contributed by atoms with Gasteiger partial charge < -0.3 is 9.64 Å². The van der Waals surface area contributed by atoms with Crippen molar-refractivity contribution in [2.24, 2.45) is 0 Å². The summed E-state index contributed by atoms with van der Waals surface area (Å²) in [6, 6.07) is 11.7. The lowest BCUT2D eigenvalue weighted by Crippen LogP contribution is -2.36. The van der Waals surface area contributed by atoms with Gasteiger partial charge in [-0.05, 0) is 35.9 Å². The molecule has 0 amide bonds. The van der Waals surface area contributed by atoms with Crippen LogP contribution in [-0.4, -0.2) is 32.1 Å². The van der Waals surface area contributed by atoms with Crippen LogP contribution >= 0.6 is 22.9 Å². The predicted octanol–water partition coefficient (Wildman–Crippen LogP) is 4.13. The van der Waals surface area contributed by atoms with E-state index in [9.17, 15) is 4.79 Å². The quantitative estimate of drug-likeness (QED) is 0.622. The third kappa shape index (κ3) is 3.77. The number of ketones is 1. The second-order valence-electron chi connectivity index (χ2n) is 4.99. The minimum Gasteiger partial charge on any atom is -0.378 e. The molecule has 0 spiro atoms. The van der Waals surface area contributed by atoms with Crippen molar-refractivity contribution in [1.29, 1.82) is 0 Å². The Balaban J connectivity index is 1.65. The molecule has 1 aromatic carbocycles. The molecule has 5 heteroatoms. The van der Waals surface area contributed by atoms with Crippen molar-refractivity contribution in [1.82, 2.24) is 0 Å². The van der Waals surface area contributed by atoms with Crippen LogP contribution in [0.4, 0.5) is 5.69 Å². The van der Waals surface area contributed by atoms with Crippen molar-refractivity contribution in [3.63, 3.8) is 0 Å². The van der Waals surface area contributed by atoms with E-state index in [1.807, 2.05) is 18.2 Å². The highest BCUT2D eigenvalue weighted by molar-refractivity contribution is 7.18. The smallest absolute Gasteiger partial charge is 0.195 e. The number of carbonyl (C=O) groups is 1. The Morgan fingerprint density at radius 1 is 1.14 bits per heavy atom. The molecule has 3 rings (SSSR count). The molecule has 0 aliphatic carbocycles. The molecule has 1 fully saturated rings. The van der Waals surface area contributed by atoms with Gasteiger partial charge in [0.05, 0.1) is 22.4 Å². The normalized spacial score (nSPS) is 15.4. The zero-order chi connectivity index (χ0) is 15.4. The third-order valence-corrected chi connectivity index (χ3v) is 4.76. The zero-order valence-electron chi connectivity index (χ0n) is 12.0. The highest BCUT2D eigenvalue weighted by Crippen LogP contribution is 2.22. The maximum absolute atomic E-state index is 12.0. The van der Waals surface area contributed by atoms with Crippen molar-refractivity contribution in [3.05, 3.63) is 57.3 Å². The van der Waals surface area contributed by atoms with E-state index in [0.717, 1.165) is 31.9 Å². The van der Waals surface area contributed by atoms with Gasteiger partial charge in [0, 0.05) is 18.8 Å². The maximum atomic E-state index is 12.0. The van der Waals surface area contributed by atoms with Gasteiger partial charge in [-0.15, -0.1) is 11.3 Å². The molecule has 0 atom stereocenters. The van der Waals surface area contributed by atoms with E-state index < -0.39 is 0 Å². The second-order valence-corrected chi connectivity index (χ2v) is 6.71. The molecule has 0 bridgehead atoms. The Hall–Kier alpha value is -1.62. The van der Waals surface area contributed by atoms with Gasteiger partial charge in [0.25, 0.3) is 0 Å². The fourth-order valence-electron chi connectivity index (χ4n) is 2.32. The molecule has 0 unspecified atom stereocenters. The van der Waals surface area contributed by atoms with Crippen molar-refractivity contribution >= 4 is 40.5 Å². The van der Waals surface area contributed by atoms with E-state index in [1.165, 1.54) is 17.0 Å². The first-order valence-electron chi connectivity index (χ1n) is 7.13. The summed E-state index contributed by atoms with van der Waals surface area (Å²) in [6.07, 6.45) is 3.42. The SMILES string of the molecule is O=C(/C=C/c1ccc(N2CCOCC2)cc1)c1ccc(Cl)s1. The number of thiophene rings is 1. The van der Waals surface area contributed by atoms with Crippen LogP contribution in [-0.2, 0) is 4.74 Å². The van der Waals surface area contributed by atoms with Gasteiger partial charge in [-0.3, -0.25) is 4.79 Å². The lowest BCUT2D eigenvalue weighted by atomic mass is 10.1. The summed E-state index contributed by atoms with van der Waals surface area (Å²) in [6.45, 7) is 3.40. The predicted molar refractivity (Wildman–Crippen MR) is 92.2 cm³/mol. The topological polar surface area (TPSA) is 29.5 Å². The fourth-order valence-corrected chi connectivity index (χ4v) is 3.28. The summed E-state index contributed by atoms with van der Waals surface area (Å²) in [5, 5.41) is 0. The standard InChI is InChI=1S/C17H16ClNO2S/c18-17-8-7-16(22-17)15(20)6-3-13-1-4-14(5-2-13)19-9-11-21-12-10-19/h1-8H,9-12H2/b6-3+. The van der Waals surface area contributed by atoms with Gasteiger partial charge in [-0.2, -0.15) is 0 Å². The van der Waals surface area contributed by atoms with E-state index in [-0.39, 0.29) is 5.78 Å². The summed E-state index contributed by atoms with van der Waals surface area (Å²) >= 11 is 7.14. The minimum atomic E-state index is -0.0193. The largest absolute Gasteiger partial charge is 0.378 e. The lowest BCUT2D eigenvalue weighted by Gasteiger charge is -2.28. The van der Waals surface area contributed by atoms with Gasteiger partial charge in [-0.25, -0.2) is 0 Å². The Bertz CT molecular complexity index is 672. The zero-order valence-corrected chi connectivity index (χ0v) is 13.6. The number of allylic oxidation sites excluding steroid dienone is 1. The number of benzene rings is 1. The summed E-state index contributed by atoms with van der Waals surface area (Å²) in [4.78, 5) is 14.9. The van der Waals surface area contributed by atoms with Crippen molar-refractivity contribution in [3.8, 4) is 0 Å². The minimum absolute atomic E-state index is 0.0193. The van der Waals surface area contributed by atoms with E-state index in [1.54, 1.807) is 18.2 Å². The number of morpholine rings is 1. The first kappa shape index (κ1) is 15.3. The molecule has 114 valence electrons. The molecule has 1 aromatic heterocycles. The van der Waals surface area contributed by atoms with E-state index >= 15 is 0 Å². The number of nitrogens with zero attached hydrogens (tertiary/aromatic N) is 1. The van der Waals surface area contributed by atoms with Crippen LogP contribution in [0.3, 0.4) is 0 Å². The fraction of sp³-hybridized carbons (Fsp3) is 0.235. The van der Waals surface area contributed by atoms with Crippen LogP contribution in [0.15, 0.2) is 42.5 Å². The molecule has 0 N–H and O–H groups in total. The first-order valence-corrected chi connectivity index (χ1v) is 8.32. The molecule has 0 saturated carbocycles. The van der Waals surface area contributed by atoms with Crippen molar-refractivity contribution in [2.75, 3.05) is 31.2 Å². The highest BCUT2D eigenvalue weighted by Gasteiger charge is 2.10. The Morgan fingerprint density at radius 2 is 1.86 bits per heavy atom. The number of halogens is 1. The maximum Gasteiger partial charge on any atom is 0.195 e. The molecule has 2 heterocycles. The van der Waals surface area contributed by atoms with Crippen molar-refractivity contribution < 1.29 is 9.53 Å². The van der Waals surface area contributed by atoms with Crippen LogP contribution in [0.25, 0.3) is 6.08 Å². The Morgan fingerprint density at radius 3 is 2.50 bits per heavy atom. The van der Waals surface area contributed by atoms with Gasteiger partial charge in [0.15, 0.2) is 5.78 Å². The van der Waals surface area contributed by atoms with Crippen molar-refractivity contribution in [2.45, 2.75) is 0 Å². The Kier molecular flexibility index (Phi) is 4.93. The molecule has 1 aliphatic rings.